The van der Waals surface area contributed by atoms with Gasteiger partial charge in [0, 0.05) is 17.1 Å². The Morgan fingerprint density at radius 3 is 2.25 bits per heavy atom. The maximum atomic E-state index is 13.0. The van der Waals surface area contributed by atoms with Crippen molar-refractivity contribution < 1.29 is 9.59 Å². The second-order valence-corrected chi connectivity index (χ2v) is 9.83. The Bertz CT molecular complexity index is 1270. The van der Waals surface area contributed by atoms with Crippen molar-refractivity contribution in [2.24, 2.45) is 0 Å². The molecular formula is C25H22Cl2N2O2S. The Labute approximate surface area is 201 Å². The first-order chi connectivity index (χ1) is 15.1. The summed E-state index contributed by atoms with van der Waals surface area (Å²) in [5.74, 6) is -0.303. The number of imide groups is 1. The maximum Gasteiger partial charge on any atom is 0.293 e. The lowest BCUT2D eigenvalue weighted by Gasteiger charge is -2.13. The highest BCUT2D eigenvalue weighted by Gasteiger charge is 2.35. The van der Waals surface area contributed by atoms with Gasteiger partial charge < -0.3 is 4.57 Å². The van der Waals surface area contributed by atoms with Gasteiger partial charge in [-0.2, -0.15) is 0 Å². The van der Waals surface area contributed by atoms with Crippen molar-refractivity contribution in [2.45, 2.75) is 34.2 Å². The molecular weight excluding hydrogens is 463 g/mol. The molecule has 1 aliphatic heterocycles. The fourth-order valence-corrected chi connectivity index (χ4v) is 5.16. The average molecular weight is 485 g/mol. The molecule has 1 saturated heterocycles. The van der Waals surface area contributed by atoms with Crippen LogP contribution in [0.4, 0.5) is 4.79 Å². The number of hydrogen-bond donors (Lipinski definition) is 0. The fourth-order valence-electron chi connectivity index (χ4n) is 4.01. The van der Waals surface area contributed by atoms with Crippen LogP contribution >= 0.6 is 35.0 Å². The van der Waals surface area contributed by atoms with Crippen molar-refractivity contribution in [3.05, 3.63) is 91.1 Å². The van der Waals surface area contributed by atoms with Crippen molar-refractivity contribution in [1.82, 2.24) is 9.47 Å². The van der Waals surface area contributed by atoms with Crippen LogP contribution in [0.15, 0.2) is 47.4 Å². The van der Waals surface area contributed by atoms with Crippen LogP contribution < -0.4 is 0 Å². The van der Waals surface area contributed by atoms with Crippen LogP contribution in [-0.2, 0) is 11.3 Å². The zero-order chi connectivity index (χ0) is 23.2. The van der Waals surface area contributed by atoms with Crippen LogP contribution in [0.1, 0.15) is 33.6 Å². The van der Waals surface area contributed by atoms with Crippen molar-refractivity contribution in [1.29, 1.82) is 0 Å². The lowest BCUT2D eigenvalue weighted by molar-refractivity contribution is -0.123. The SMILES string of the molecule is Cc1cc(C)cc(-n2c(C)cc(/C=C3\SC(=O)N(Cc4ccc(Cl)c(Cl)c4)C3=O)c2C)c1. The number of carbonyl (C=O) groups is 2. The number of rotatable bonds is 4. The number of amides is 2. The smallest absolute Gasteiger partial charge is 0.293 e. The first-order valence-electron chi connectivity index (χ1n) is 10.1. The molecule has 4 nitrogen and oxygen atoms in total. The third-order valence-corrected chi connectivity index (χ3v) is 7.07. The van der Waals surface area contributed by atoms with E-state index in [2.05, 4.69) is 36.6 Å². The van der Waals surface area contributed by atoms with E-state index in [9.17, 15) is 9.59 Å². The molecule has 32 heavy (non-hydrogen) atoms. The molecule has 2 aromatic carbocycles. The lowest BCUT2D eigenvalue weighted by Crippen LogP contribution is -2.27. The molecule has 164 valence electrons. The highest BCUT2D eigenvalue weighted by Crippen LogP contribution is 2.35. The van der Waals surface area contributed by atoms with Gasteiger partial charge in [-0.15, -0.1) is 0 Å². The third-order valence-electron chi connectivity index (χ3n) is 5.42. The summed E-state index contributed by atoms with van der Waals surface area (Å²) in [6, 6.07) is 13.6. The highest BCUT2D eigenvalue weighted by atomic mass is 35.5. The van der Waals surface area contributed by atoms with E-state index in [4.69, 9.17) is 23.2 Å². The van der Waals surface area contributed by atoms with Crippen molar-refractivity contribution in [3.8, 4) is 5.69 Å². The zero-order valence-corrected chi connectivity index (χ0v) is 20.5. The molecule has 0 unspecified atom stereocenters. The van der Waals surface area contributed by atoms with Crippen LogP contribution in [0.2, 0.25) is 10.0 Å². The molecule has 0 N–H and O–H groups in total. The van der Waals surface area contributed by atoms with Crippen LogP contribution in [0, 0.1) is 27.7 Å². The zero-order valence-electron chi connectivity index (χ0n) is 18.2. The van der Waals surface area contributed by atoms with Gasteiger partial charge in [0.25, 0.3) is 11.1 Å². The number of nitrogens with zero attached hydrogens (tertiary/aromatic N) is 2. The predicted octanol–water partition coefficient (Wildman–Crippen LogP) is 7.25. The summed E-state index contributed by atoms with van der Waals surface area (Å²) in [6.07, 6.45) is 1.81. The standard InChI is InChI=1S/C25H22Cl2N2O2S/c1-14-7-15(2)9-20(8-14)29-16(3)10-19(17(29)4)12-23-24(30)28(25(31)32-23)13-18-5-6-21(26)22(27)11-18/h5-12H,13H2,1-4H3/b23-12-. The third kappa shape index (κ3) is 4.38. The molecule has 3 aromatic rings. The summed E-state index contributed by atoms with van der Waals surface area (Å²) in [5, 5.41) is 0.532. The van der Waals surface area contributed by atoms with Gasteiger partial charge in [-0.25, -0.2) is 0 Å². The topological polar surface area (TPSA) is 42.3 Å². The van der Waals surface area contributed by atoms with Gasteiger partial charge in [0.05, 0.1) is 21.5 Å². The average Bonchev–Trinajstić information content (AvgIpc) is 3.13. The lowest BCUT2D eigenvalue weighted by atomic mass is 10.1. The Balaban J connectivity index is 1.64. The van der Waals surface area contributed by atoms with E-state index in [0.29, 0.717) is 15.0 Å². The van der Waals surface area contributed by atoms with Crippen molar-refractivity contribution in [2.75, 3.05) is 0 Å². The molecule has 2 amide bonds. The van der Waals surface area contributed by atoms with Crippen LogP contribution in [0.25, 0.3) is 11.8 Å². The Morgan fingerprint density at radius 2 is 1.59 bits per heavy atom. The first-order valence-corrected chi connectivity index (χ1v) is 11.7. The Hall–Kier alpha value is -2.47. The summed E-state index contributed by atoms with van der Waals surface area (Å²) in [6.45, 7) is 8.37. The normalized spacial score (nSPS) is 15.3. The quantitative estimate of drug-likeness (QED) is 0.366. The van der Waals surface area contributed by atoms with Gasteiger partial charge in [-0.05, 0) is 98.1 Å². The molecule has 4 rings (SSSR count). The van der Waals surface area contributed by atoms with E-state index in [1.807, 2.05) is 19.9 Å². The number of benzene rings is 2. The Kier molecular flexibility index (Phi) is 6.26. The molecule has 1 aromatic heterocycles. The second kappa shape index (κ2) is 8.81. The molecule has 7 heteroatoms. The first kappa shape index (κ1) is 22.7. The minimum Gasteiger partial charge on any atom is -0.318 e. The summed E-state index contributed by atoms with van der Waals surface area (Å²) in [4.78, 5) is 27.2. The summed E-state index contributed by atoms with van der Waals surface area (Å²) in [5.41, 5.74) is 7.22. The van der Waals surface area contributed by atoms with E-state index >= 15 is 0 Å². The van der Waals surface area contributed by atoms with Crippen molar-refractivity contribution >= 4 is 52.2 Å². The summed E-state index contributed by atoms with van der Waals surface area (Å²) >= 11 is 13.0. The van der Waals surface area contributed by atoms with Crippen molar-refractivity contribution in [3.63, 3.8) is 0 Å². The minimum atomic E-state index is -0.303. The monoisotopic (exact) mass is 484 g/mol. The van der Waals surface area contributed by atoms with Crippen LogP contribution in [0.5, 0.6) is 0 Å². The summed E-state index contributed by atoms with van der Waals surface area (Å²) in [7, 11) is 0. The number of thioether (sulfide) groups is 1. The number of aromatic nitrogens is 1. The molecule has 0 saturated carbocycles. The number of hydrogen-bond acceptors (Lipinski definition) is 3. The number of carbonyl (C=O) groups excluding carboxylic acids is 2. The van der Waals surface area contributed by atoms with Gasteiger partial charge in [0.2, 0.25) is 0 Å². The van der Waals surface area contributed by atoms with E-state index in [1.165, 1.54) is 16.0 Å². The van der Waals surface area contributed by atoms with E-state index in [1.54, 1.807) is 24.3 Å². The van der Waals surface area contributed by atoms with E-state index in [-0.39, 0.29) is 17.7 Å². The van der Waals surface area contributed by atoms with Gasteiger partial charge in [-0.1, -0.05) is 35.3 Å². The molecule has 0 atom stereocenters. The van der Waals surface area contributed by atoms with Crippen LogP contribution in [0.3, 0.4) is 0 Å². The molecule has 1 aliphatic rings. The largest absolute Gasteiger partial charge is 0.318 e. The molecule has 0 bridgehead atoms. The molecule has 0 aliphatic carbocycles. The van der Waals surface area contributed by atoms with Gasteiger partial charge >= 0.3 is 0 Å². The molecule has 0 radical (unpaired) electrons. The molecule has 2 heterocycles. The molecule has 1 fully saturated rings. The van der Waals surface area contributed by atoms with Crippen LogP contribution in [-0.4, -0.2) is 20.6 Å². The highest BCUT2D eigenvalue weighted by molar-refractivity contribution is 8.18. The predicted molar refractivity (Wildman–Crippen MR) is 133 cm³/mol. The van der Waals surface area contributed by atoms with Gasteiger partial charge in [0.1, 0.15) is 0 Å². The molecule has 0 spiro atoms. The Morgan fingerprint density at radius 1 is 0.906 bits per heavy atom. The minimum absolute atomic E-state index is 0.153. The second-order valence-electron chi connectivity index (χ2n) is 8.02. The number of aryl methyl sites for hydroxylation is 3. The van der Waals surface area contributed by atoms with Gasteiger partial charge in [-0.3, -0.25) is 14.5 Å². The van der Waals surface area contributed by atoms with E-state index in [0.717, 1.165) is 40.0 Å². The maximum absolute atomic E-state index is 13.0. The number of halogens is 2. The summed E-state index contributed by atoms with van der Waals surface area (Å²) < 4.78 is 2.17. The van der Waals surface area contributed by atoms with Gasteiger partial charge in [0.15, 0.2) is 0 Å². The fraction of sp³-hybridized carbons (Fsp3) is 0.200. The van der Waals surface area contributed by atoms with E-state index < -0.39 is 0 Å².